The lowest BCUT2D eigenvalue weighted by atomic mass is 10.1. The van der Waals surface area contributed by atoms with Crippen LogP contribution >= 0.6 is 39.1 Å². The van der Waals surface area contributed by atoms with E-state index in [1.807, 2.05) is 6.92 Å². The number of halogens is 3. The van der Waals surface area contributed by atoms with E-state index in [0.29, 0.717) is 25.7 Å². The van der Waals surface area contributed by atoms with Crippen LogP contribution in [-0.2, 0) is 18.4 Å². The highest BCUT2D eigenvalue weighted by molar-refractivity contribution is 9.10. The number of carbonyl (C=O) groups excluding carboxylic acids is 1. The average Bonchev–Trinajstić information content (AvgIpc) is 2.87. The van der Waals surface area contributed by atoms with Gasteiger partial charge in [0.15, 0.2) is 5.65 Å². The molecule has 0 aliphatic carbocycles. The van der Waals surface area contributed by atoms with Gasteiger partial charge in [0, 0.05) is 7.05 Å². The minimum atomic E-state index is -0.340. The third-order valence-corrected chi connectivity index (χ3v) is 5.20. The van der Waals surface area contributed by atoms with Gasteiger partial charge in [0.2, 0.25) is 5.91 Å². The van der Waals surface area contributed by atoms with Crippen molar-refractivity contribution in [2.75, 3.05) is 0 Å². The molecular weight excluding hydrogens is 445 g/mol. The third-order valence-electron chi connectivity index (χ3n) is 3.90. The molecule has 0 fully saturated rings. The van der Waals surface area contributed by atoms with E-state index >= 15 is 0 Å². The van der Waals surface area contributed by atoms with Crippen molar-refractivity contribution in [1.82, 2.24) is 24.6 Å². The highest BCUT2D eigenvalue weighted by atomic mass is 79.9. The predicted octanol–water partition coefficient (Wildman–Crippen LogP) is 3.08. The molecule has 0 aliphatic heterocycles. The van der Waals surface area contributed by atoms with Crippen molar-refractivity contribution in [3.63, 3.8) is 0 Å². The number of hydrogen-bond donors (Lipinski definition) is 1. The normalized spacial score (nSPS) is 12.3. The van der Waals surface area contributed by atoms with Gasteiger partial charge in [-0.15, -0.1) is 0 Å². The Morgan fingerprint density at radius 3 is 2.77 bits per heavy atom. The maximum Gasteiger partial charge on any atom is 0.266 e. The number of rotatable bonds is 4. The maximum atomic E-state index is 12.6. The minimum Gasteiger partial charge on any atom is -0.348 e. The number of nitrogens with zero attached hydrogens (tertiary/aromatic N) is 4. The van der Waals surface area contributed by atoms with Gasteiger partial charge in [0.05, 0.1) is 16.1 Å². The Labute approximate surface area is 167 Å². The van der Waals surface area contributed by atoms with Crippen LogP contribution in [0.3, 0.4) is 0 Å². The summed E-state index contributed by atoms with van der Waals surface area (Å²) < 4.78 is 3.13. The first-order valence-electron chi connectivity index (χ1n) is 7.60. The number of fused-ring (bicyclic) bond motifs is 1. The molecule has 2 aromatic heterocycles. The highest BCUT2D eigenvalue weighted by Crippen LogP contribution is 2.25. The molecule has 0 aliphatic rings. The van der Waals surface area contributed by atoms with Gasteiger partial charge >= 0.3 is 0 Å². The lowest BCUT2D eigenvalue weighted by molar-refractivity contribution is -0.122. The molecule has 0 saturated carbocycles. The lowest BCUT2D eigenvalue weighted by Gasteiger charge is -2.15. The lowest BCUT2D eigenvalue weighted by Crippen LogP contribution is -2.34. The van der Waals surface area contributed by atoms with Gasteiger partial charge in [-0.2, -0.15) is 5.10 Å². The molecular formula is C16H14BrCl2N5O2. The van der Waals surface area contributed by atoms with E-state index in [-0.39, 0.29) is 24.1 Å². The minimum absolute atomic E-state index is 0.158. The molecule has 3 aromatic rings. The standard InChI is InChI=1S/C16H14BrCl2N5O2/c1-8(9-3-4-10(18)11(19)5-9)21-12(25)6-24-7-20-15-13(16(24)26)14(17)22-23(15)2/h3-5,7-8H,6H2,1-2H3,(H,21,25). The highest BCUT2D eigenvalue weighted by Gasteiger charge is 2.16. The number of aromatic nitrogens is 4. The smallest absolute Gasteiger partial charge is 0.266 e. The van der Waals surface area contributed by atoms with Crippen molar-refractivity contribution in [2.45, 2.75) is 19.5 Å². The Bertz CT molecular complexity index is 1060. The summed E-state index contributed by atoms with van der Waals surface area (Å²) in [6.45, 7) is 1.66. The van der Waals surface area contributed by atoms with Gasteiger partial charge in [-0.25, -0.2) is 9.67 Å². The first-order chi connectivity index (χ1) is 12.3. The van der Waals surface area contributed by atoms with Crippen LogP contribution in [0.4, 0.5) is 0 Å². The quantitative estimate of drug-likeness (QED) is 0.651. The number of aryl methyl sites for hydroxylation is 1. The fourth-order valence-corrected chi connectivity index (χ4v) is 3.45. The van der Waals surface area contributed by atoms with Crippen molar-refractivity contribution in [2.24, 2.45) is 7.05 Å². The summed E-state index contributed by atoms with van der Waals surface area (Å²) in [4.78, 5) is 29.1. The van der Waals surface area contributed by atoms with Crippen LogP contribution in [0, 0.1) is 0 Å². The summed E-state index contributed by atoms with van der Waals surface area (Å²) in [5.74, 6) is -0.327. The summed E-state index contributed by atoms with van der Waals surface area (Å²) in [6.07, 6.45) is 1.34. The van der Waals surface area contributed by atoms with Crippen LogP contribution < -0.4 is 10.9 Å². The molecule has 0 bridgehead atoms. The first-order valence-corrected chi connectivity index (χ1v) is 9.14. The molecule has 136 valence electrons. The number of hydrogen-bond acceptors (Lipinski definition) is 4. The molecule has 0 saturated heterocycles. The SMILES string of the molecule is CC(NC(=O)Cn1cnc2c(c(Br)nn2C)c1=O)c1ccc(Cl)c(Cl)c1. The van der Waals surface area contributed by atoms with Crippen molar-refractivity contribution in [1.29, 1.82) is 0 Å². The Morgan fingerprint density at radius 1 is 1.35 bits per heavy atom. The molecule has 1 unspecified atom stereocenters. The topological polar surface area (TPSA) is 81.8 Å². The van der Waals surface area contributed by atoms with E-state index in [9.17, 15) is 9.59 Å². The second-order valence-electron chi connectivity index (χ2n) is 5.75. The molecule has 7 nitrogen and oxygen atoms in total. The summed E-state index contributed by atoms with van der Waals surface area (Å²) in [5.41, 5.74) is 0.915. The Balaban J connectivity index is 1.78. The zero-order chi connectivity index (χ0) is 19.0. The largest absolute Gasteiger partial charge is 0.348 e. The Kier molecular flexibility index (Phi) is 5.36. The van der Waals surface area contributed by atoms with Gasteiger partial charge in [-0.1, -0.05) is 29.3 Å². The molecule has 0 radical (unpaired) electrons. The molecule has 3 rings (SSSR count). The molecule has 10 heteroatoms. The number of nitrogens with one attached hydrogen (secondary N) is 1. The fourth-order valence-electron chi connectivity index (χ4n) is 2.56. The molecule has 1 aromatic carbocycles. The van der Waals surface area contributed by atoms with Crippen molar-refractivity contribution in [3.8, 4) is 0 Å². The Morgan fingerprint density at radius 2 is 2.08 bits per heavy atom. The van der Waals surface area contributed by atoms with Gasteiger partial charge in [-0.3, -0.25) is 14.2 Å². The zero-order valence-corrected chi connectivity index (χ0v) is 16.9. The van der Waals surface area contributed by atoms with Crippen molar-refractivity contribution in [3.05, 3.63) is 55.1 Å². The summed E-state index contributed by atoms with van der Waals surface area (Å²) in [6, 6.07) is 4.85. The van der Waals surface area contributed by atoms with Crippen LogP contribution in [-0.4, -0.2) is 25.2 Å². The molecule has 1 N–H and O–H groups in total. The summed E-state index contributed by atoms with van der Waals surface area (Å²) in [7, 11) is 1.69. The maximum absolute atomic E-state index is 12.6. The van der Waals surface area contributed by atoms with E-state index in [4.69, 9.17) is 23.2 Å². The first kappa shape index (κ1) is 18.9. The molecule has 0 spiro atoms. The number of carbonyl (C=O) groups is 1. The third kappa shape index (κ3) is 3.62. The van der Waals surface area contributed by atoms with Gasteiger partial charge in [0.1, 0.15) is 22.9 Å². The van der Waals surface area contributed by atoms with Crippen LogP contribution in [0.1, 0.15) is 18.5 Å². The average molecular weight is 459 g/mol. The van der Waals surface area contributed by atoms with Crippen molar-refractivity contribution >= 4 is 56.1 Å². The van der Waals surface area contributed by atoms with Crippen molar-refractivity contribution < 1.29 is 4.79 Å². The van der Waals surface area contributed by atoms with Crippen LogP contribution in [0.25, 0.3) is 11.0 Å². The number of amides is 1. The van der Waals surface area contributed by atoms with E-state index in [0.717, 1.165) is 5.56 Å². The summed E-state index contributed by atoms with van der Waals surface area (Å²) >= 11 is 15.2. The number of benzene rings is 1. The molecule has 2 heterocycles. The van der Waals surface area contributed by atoms with E-state index in [2.05, 4.69) is 31.3 Å². The fraction of sp³-hybridized carbons (Fsp3) is 0.250. The molecule has 1 atom stereocenters. The van der Waals surface area contributed by atoms with E-state index in [1.165, 1.54) is 15.6 Å². The second kappa shape index (κ2) is 7.38. The van der Waals surface area contributed by atoms with Gasteiger partial charge in [0.25, 0.3) is 5.56 Å². The van der Waals surface area contributed by atoms with Gasteiger partial charge in [-0.05, 0) is 40.5 Å². The van der Waals surface area contributed by atoms with Crippen LogP contribution in [0.2, 0.25) is 10.0 Å². The summed E-state index contributed by atoms with van der Waals surface area (Å²) in [5, 5.41) is 8.13. The second-order valence-corrected chi connectivity index (χ2v) is 7.32. The Hall–Kier alpha value is -1.90. The van der Waals surface area contributed by atoms with E-state index in [1.54, 1.807) is 25.2 Å². The van der Waals surface area contributed by atoms with Crippen LogP contribution in [0.15, 0.2) is 33.9 Å². The van der Waals surface area contributed by atoms with Gasteiger partial charge < -0.3 is 5.32 Å². The molecule has 26 heavy (non-hydrogen) atoms. The predicted molar refractivity (Wildman–Crippen MR) is 103 cm³/mol. The monoisotopic (exact) mass is 457 g/mol. The zero-order valence-electron chi connectivity index (χ0n) is 13.8. The molecule has 1 amide bonds. The van der Waals surface area contributed by atoms with Crippen LogP contribution in [0.5, 0.6) is 0 Å². The van der Waals surface area contributed by atoms with E-state index < -0.39 is 0 Å².